The summed E-state index contributed by atoms with van der Waals surface area (Å²) in [5, 5.41) is 2.82. The Balaban J connectivity index is 2.25. The molecule has 3 atom stereocenters. The van der Waals surface area contributed by atoms with Crippen LogP contribution in [0.25, 0.3) is 0 Å². The first kappa shape index (κ1) is 10.5. The van der Waals surface area contributed by atoms with Crippen molar-refractivity contribution in [2.45, 2.75) is 38.3 Å². The van der Waals surface area contributed by atoms with Crippen LogP contribution in [0.3, 0.4) is 0 Å². The van der Waals surface area contributed by atoms with Gasteiger partial charge in [-0.15, -0.1) is 0 Å². The number of amides is 1. The van der Waals surface area contributed by atoms with Crippen LogP contribution in [0.5, 0.6) is 0 Å². The van der Waals surface area contributed by atoms with Crippen LogP contribution in [0.15, 0.2) is 0 Å². The minimum atomic E-state index is 0.0310. The molecule has 1 aliphatic carbocycles. The van der Waals surface area contributed by atoms with Crippen molar-refractivity contribution in [2.24, 2.45) is 17.4 Å². The van der Waals surface area contributed by atoms with E-state index in [0.717, 1.165) is 25.8 Å². The fourth-order valence-corrected chi connectivity index (χ4v) is 1.79. The SMILES string of the molecule is CC(=O)NCC1CC[C@H](N)[C@H](N)C1. The summed E-state index contributed by atoms with van der Waals surface area (Å²) >= 11 is 0. The van der Waals surface area contributed by atoms with Gasteiger partial charge in [0.1, 0.15) is 0 Å². The summed E-state index contributed by atoms with van der Waals surface area (Å²) in [6, 6.07) is 0.251. The Bertz CT molecular complexity index is 184. The average molecular weight is 185 g/mol. The number of hydrogen-bond donors (Lipinski definition) is 3. The predicted molar refractivity (Wildman–Crippen MR) is 52.0 cm³/mol. The number of carbonyl (C=O) groups excluding carboxylic acids is 1. The molecule has 76 valence electrons. The Hall–Kier alpha value is -0.610. The molecule has 1 saturated carbocycles. The summed E-state index contributed by atoms with van der Waals surface area (Å²) in [7, 11) is 0. The fourth-order valence-electron chi connectivity index (χ4n) is 1.79. The van der Waals surface area contributed by atoms with Crippen molar-refractivity contribution in [1.82, 2.24) is 5.32 Å². The molecule has 4 heteroatoms. The van der Waals surface area contributed by atoms with Gasteiger partial charge in [0.2, 0.25) is 5.91 Å². The lowest BCUT2D eigenvalue weighted by molar-refractivity contribution is -0.119. The highest BCUT2D eigenvalue weighted by Crippen LogP contribution is 2.21. The van der Waals surface area contributed by atoms with Gasteiger partial charge in [-0.05, 0) is 25.2 Å². The maximum Gasteiger partial charge on any atom is 0.216 e. The van der Waals surface area contributed by atoms with Crippen molar-refractivity contribution in [3.8, 4) is 0 Å². The first-order valence-corrected chi connectivity index (χ1v) is 4.85. The number of nitrogens with one attached hydrogen (secondary N) is 1. The quantitative estimate of drug-likeness (QED) is 0.546. The highest BCUT2D eigenvalue weighted by molar-refractivity contribution is 5.72. The standard InChI is InChI=1S/C9H19N3O/c1-6(13)12-5-7-2-3-8(10)9(11)4-7/h7-9H,2-5,10-11H2,1H3,(H,12,13)/t7?,8-,9+/m0/s1. The van der Waals surface area contributed by atoms with Gasteiger partial charge in [-0.2, -0.15) is 0 Å². The summed E-state index contributed by atoms with van der Waals surface area (Å²) in [5.74, 6) is 0.544. The number of nitrogens with two attached hydrogens (primary N) is 2. The molecule has 0 aromatic rings. The van der Waals surface area contributed by atoms with Crippen LogP contribution < -0.4 is 16.8 Å². The van der Waals surface area contributed by atoms with Crippen LogP contribution in [-0.2, 0) is 4.79 Å². The number of carbonyl (C=O) groups is 1. The average Bonchev–Trinajstić information content (AvgIpc) is 2.07. The third kappa shape index (κ3) is 3.32. The zero-order valence-corrected chi connectivity index (χ0v) is 8.12. The van der Waals surface area contributed by atoms with Gasteiger partial charge in [0.05, 0.1) is 0 Å². The highest BCUT2D eigenvalue weighted by Gasteiger charge is 2.25. The molecular weight excluding hydrogens is 166 g/mol. The van der Waals surface area contributed by atoms with E-state index in [2.05, 4.69) is 5.32 Å². The smallest absolute Gasteiger partial charge is 0.216 e. The maximum atomic E-state index is 10.7. The second-order valence-electron chi connectivity index (χ2n) is 3.94. The van der Waals surface area contributed by atoms with Gasteiger partial charge in [-0.3, -0.25) is 4.79 Å². The Morgan fingerprint density at radius 1 is 1.38 bits per heavy atom. The summed E-state index contributed by atoms with van der Waals surface area (Å²) in [4.78, 5) is 10.7. The molecule has 0 heterocycles. The molecule has 0 aromatic carbocycles. The topological polar surface area (TPSA) is 81.1 Å². The molecule has 0 spiro atoms. The lowest BCUT2D eigenvalue weighted by Gasteiger charge is -2.31. The molecule has 0 aliphatic heterocycles. The summed E-state index contributed by atoms with van der Waals surface area (Å²) in [5.41, 5.74) is 11.6. The van der Waals surface area contributed by atoms with Crippen LogP contribution in [0.4, 0.5) is 0 Å². The first-order valence-electron chi connectivity index (χ1n) is 4.85. The van der Waals surface area contributed by atoms with Crippen molar-refractivity contribution < 1.29 is 4.79 Å². The molecule has 1 amide bonds. The Labute approximate surface area is 79.0 Å². The maximum absolute atomic E-state index is 10.7. The summed E-state index contributed by atoms with van der Waals surface area (Å²) in [6.07, 6.45) is 2.99. The van der Waals surface area contributed by atoms with Gasteiger partial charge in [-0.1, -0.05) is 0 Å². The van der Waals surface area contributed by atoms with Gasteiger partial charge in [0.15, 0.2) is 0 Å². The van der Waals surface area contributed by atoms with Crippen LogP contribution in [-0.4, -0.2) is 24.5 Å². The molecule has 0 bridgehead atoms. The van der Waals surface area contributed by atoms with E-state index in [4.69, 9.17) is 11.5 Å². The molecule has 1 fully saturated rings. The highest BCUT2D eigenvalue weighted by atomic mass is 16.1. The van der Waals surface area contributed by atoms with E-state index in [0.29, 0.717) is 5.92 Å². The molecule has 13 heavy (non-hydrogen) atoms. The molecule has 0 aromatic heterocycles. The van der Waals surface area contributed by atoms with E-state index >= 15 is 0 Å². The van der Waals surface area contributed by atoms with Gasteiger partial charge in [0.25, 0.3) is 0 Å². The van der Waals surface area contributed by atoms with E-state index in [1.807, 2.05) is 0 Å². The van der Waals surface area contributed by atoms with Crippen molar-refractivity contribution in [3.63, 3.8) is 0 Å². The van der Waals surface area contributed by atoms with E-state index < -0.39 is 0 Å². The monoisotopic (exact) mass is 185 g/mol. The van der Waals surface area contributed by atoms with Gasteiger partial charge in [0, 0.05) is 25.6 Å². The summed E-state index contributed by atoms with van der Waals surface area (Å²) in [6.45, 7) is 2.28. The molecule has 1 unspecified atom stereocenters. The second-order valence-corrected chi connectivity index (χ2v) is 3.94. The third-order valence-corrected chi connectivity index (χ3v) is 2.70. The van der Waals surface area contributed by atoms with Crippen LogP contribution in [0, 0.1) is 5.92 Å². The van der Waals surface area contributed by atoms with Crippen molar-refractivity contribution >= 4 is 5.91 Å². The van der Waals surface area contributed by atoms with Gasteiger partial charge in [-0.25, -0.2) is 0 Å². The molecule has 4 nitrogen and oxygen atoms in total. The van der Waals surface area contributed by atoms with E-state index in [1.165, 1.54) is 6.92 Å². The van der Waals surface area contributed by atoms with Gasteiger partial charge < -0.3 is 16.8 Å². The van der Waals surface area contributed by atoms with E-state index in [9.17, 15) is 4.79 Å². The van der Waals surface area contributed by atoms with Gasteiger partial charge >= 0.3 is 0 Å². The largest absolute Gasteiger partial charge is 0.356 e. The molecule has 1 rings (SSSR count). The minimum absolute atomic E-state index is 0.0310. The zero-order chi connectivity index (χ0) is 9.84. The second kappa shape index (κ2) is 4.58. The van der Waals surface area contributed by atoms with Crippen LogP contribution >= 0.6 is 0 Å². The van der Waals surface area contributed by atoms with E-state index in [-0.39, 0.29) is 18.0 Å². The van der Waals surface area contributed by atoms with Crippen molar-refractivity contribution in [3.05, 3.63) is 0 Å². The number of rotatable bonds is 2. The van der Waals surface area contributed by atoms with Crippen molar-refractivity contribution in [2.75, 3.05) is 6.54 Å². The third-order valence-electron chi connectivity index (χ3n) is 2.70. The van der Waals surface area contributed by atoms with E-state index in [1.54, 1.807) is 0 Å². The number of hydrogen-bond acceptors (Lipinski definition) is 3. The minimum Gasteiger partial charge on any atom is -0.356 e. The Morgan fingerprint density at radius 2 is 2.08 bits per heavy atom. The Morgan fingerprint density at radius 3 is 2.62 bits per heavy atom. The molecule has 5 N–H and O–H groups in total. The molecule has 0 radical (unpaired) electrons. The first-order chi connectivity index (χ1) is 6.09. The Kier molecular flexibility index (Phi) is 3.69. The predicted octanol–water partition coefficient (Wildman–Crippen LogP) is -0.423. The summed E-state index contributed by atoms with van der Waals surface area (Å²) < 4.78 is 0. The molecule has 0 saturated heterocycles. The van der Waals surface area contributed by atoms with Crippen LogP contribution in [0.1, 0.15) is 26.2 Å². The lowest BCUT2D eigenvalue weighted by atomic mass is 9.83. The zero-order valence-electron chi connectivity index (χ0n) is 8.12. The fraction of sp³-hybridized carbons (Fsp3) is 0.889. The lowest BCUT2D eigenvalue weighted by Crippen LogP contribution is -2.47. The normalized spacial score (nSPS) is 34.2. The molecule has 1 aliphatic rings. The molecular formula is C9H19N3O. The van der Waals surface area contributed by atoms with Crippen LogP contribution in [0.2, 0.25) is 0 Å². The van der Waals surface area contributed by atoms with Crippen molar-refractivity contribution in [1.29, 1.82) is 0 Å².